The quantitative estimate of drug-likeness (QED) is 0.780. The number of hydrogen-bond donors (Lipinski definition) is 2. The molecule has 0 aliphatic carbocycles. The largest absolute Gasteiger partial charge is 0.494 e. The molecule has 0 bridgehead atoms. The second-order valence-electron chi connectivity index (χ2n) is 6.11. The van der Waals surface area contributed by atoms with Crippen molar-refractivity contribution < 1.29 is 9.53 Å². The van der Waals surface area contributed by atoms with Crippen LogP contribution in [0.3, 0.4) is 0 Å². The minimum atomic E-state index is -0.590. The van der Waals surface area contributed by atoms with Gasteiger partial charge in [0.15, 0.2) is 0 Å². The van der Waals surface area contributed by atoms with E-state index in [9.17, 15) is 4.79 Å². The molecule has 0 saturated carbocycles. The van der Waals surface area contributed by atoms with Crippen molar-refractivity contribution >= 4 is 11.6 Å². The topological polar surface area (TPSA) is 50.4 Å². The van der Waals surface area contributed by atoms with Gasteiger partial charge in [0.2, 0.25) is 0 Å². The van der Waals surface area contributed by atoms with Crippen molar-refractivity contribution in [2.24, 2.45) is 0 Å². The fourth-order valence-electron chi connectivity index (χ4n) is 3.01. The molecule has 24 heavy (non-hydrogen) atoms. The second kappa shape index (κ2) is 6.95. The van der Waals surface area contributed by atoms with Gasteiger partial charge in [-0.05, 0) is 42.7 Å². The molecule has 0 spiro atoms. The summed E-state index contributed by atoms with van der Waals surface area (Å²) in [4.78, 5) is 12.5. The van der Waals surface area contributed by atoms with Crippen molar-refractivity contribution in [3.05, 3.63) is 59.7 Å². The molecule has 0 saturated heterocycles. The molecule has 126 valence electrons. The zero-order valence-corrected chi connectivity index (χ0v) is 14.3. The van der Waals surface area contributed by atoms with E-state index in [0.717, 1.165) is 42.9 Å². The molecule has 0 aromatic heterocycles. The number of ether oxygens (including phenoxy) is 1. The van der Waals surface area contributed by atoms with Gasteiger partial charge in [0, 0.05) is 5.69 Å². The van der Waals surface area contributed by atoms with E-state index in [1.807, 2.05) is 48.5 Å². The Bertz CT molecular complexity index is 712. The Labute approximate surface area is 143 Å². The summed E-state index contributed by atoms with van der Waals surface area (Å²) in [7, 11) is 0. The molecular formula is C20H24N2O2. The van der Waals surface area contributed by atoms with E-state index in [1.165, 1.54) is 0 Å². The molecule has 2 aromatic rings. The van der Waals surface area contributed by atoms with Crippen molar-refractivity contribution in [1.82, 2.24) is 5.32 Å². The van der Waals surface area contributed by atoms with E-state index >= 15 is 0 Å². The third-order valence-electron chi connectivity index (χ3n) is 4.49. The Hall–Kier alpha value is -2.49. The molecule has 3 rings (SSSR count). The van der Waals surface area contributed by atoms with Crippen molar-refractivity contribution in [2.75, 3.05) is 11.9 Å². The summed E-state index contributed by atoms with van der Waals surface area (Å²) in [6, 6.07) is 15.6. The summed E-state index contributed by atoms with van der Waals surface area (Å²) in [5.41, 5.74) is 1.98. The monoisotopic (exact) mass is 324 g/mol. The Morgan fingerprint density at radius 1 is 1.00 bits per heavy atom. The van der Waals surface area contributed by atoms with Crippen LogP contribution in [-0.4, -0.2) is 12.5 Å². The van der Waals surface area contributed by atoms with Crippen LogP contribution < -0.4 is 15.4 Å². The van der Waals surface area contributed by atoms with E-state index in [2.05, 4.69) is 24.5 Å². The lowest BCUT2D eigenvalue weighted by Crippen LogP contribution is -2.54. The average molecular weight is 324 g/mol. The molecule has 1 aliphatic rings. The average Bonchev–Trinajstić information content (AvgIpc) is 2.62. The predicted octanol–water partition coefficient (Wildman–Crippen LogP) is 4.28. The van der Waals surface area contributed by atoms with Gasteiger partial charge < -0.3 is 15.4 Å². The van der Waals surface area contributed by atoms with Crippen molar-refractivity contribution in [3.8, 4) is 5.75 Å². The van der Waals surface area contributed by atoms with Gasteiger partial charge in [0.25, 0.3) is 5.91 Å². The summed E-state index contributed by atoms with van der Waals surface area (Å²) in [6.45, 7) is 4.94. The highest BCUT2D eigenvalue weighted by atomic mass is 16.5. The first-order chi connectivity index (χ1) is 11.7. The van der Waals surface area contributed by atoms with Gasteiger partial charge in [0.05, 0.1) is 12.2 Å². The minimum absolute atomic E-state index is 0.0468. The van der Waals surface area contributed by atoms with Crippen LogP contribution in [0.15, 0.2) is 48.5 Å². The Kier molecular flexibility index (Phi) is 4.74. The van der Waals surface area contributed by atoms with Crippen molar-refractivity contribution in [1.29, 1.82) is 0 Å². The molecule has 1 amide bonds. The number of carbonyl (C=O) groups is 1. The third-order valence-corrected chi connectivity index (χ3v) is 4.49. The van der Waals surface area contributed by atoms with Crippen LogP contribution in [0.1, 0.15) is 49.0 Å². The summed E-state index contributed by atoms with van der Waals surface area (Å²) in [6.07, 6.45) is 2.91. The Morgan fingerprint density at radius 3 is 2.46 bits per heavy atom. The van der Waals surface area contributed by atoms with Gasteiger partial charge in [-0.3, -0.25) is 4.79 Å². The molecule has 2 aromatic carbocycles. The normalized spacial score (nSPS) is 19.2. The lowest BCUT2D eigenvalue weighted by molar-refractivity contribution is 0.0896. The first-order valence-corrected chi connectivity index (χ1v) is 8.61. The van der Waals surface area contributed by atoms with E-state index in [1.54, 1.807) is 0 Å². The van der Waals surface area contributed by atoms with Crippen LogP contribution in [0.5, 0.6) is 5.75 Å². The van der Waals surface area contributed by atoms with Crippen molar-refractivity contribution in [3.63, 3.8) is 0 Å². The van der Waals surface area contributed by atoms with Gasteiger partial charge >= 0.3 is 0 Å². The van der Waals surface area contributed by atoms with Crippen molar-refractivity contribution in [2.45, 2.75) is 38.8 Å². The van der Waals surface area contributed by atoms with Gasteiger partial charge in [-0.1, -0.05) is 44.5 Å². The number of para-hydroxylation sites is 1. The molecule has 0 fully saturated rings. The Balaban J connectivity index is 1.85. The van der Waals surface area contributed by atoms with Crippen LogP contribution in [0.4, 0.5) is 5.69 Å². The third kappa shape index (κ3) is 3.09. The van der Waals surface area contributed by atoms with Crippen LogP contribution >= 0.6 is 0 Å². The van der Waals surface area contributed by atoms with Crippen LogP contribution in [0, 0.1) is 0 Å². The maximum atomic E-state index is 12.5. The smallest absolute Gasteiger partial charge is 0.255 e. The molecule has 1 unspecified atom stereocenters. The predicted molar refractivity (Wildman–Crippen MR) is 96.3 cm³/mol. The highest BCUT2D eigenvalue weighted by Crippen LogP contribution is 2.34. The van der Waals surface area contributed by atoms with Crippen LogP contribution in [0.25, 0.3) is 0 Å². The minimum Gasteiger partial charge on any atom is -0.494 e. The van der Waals surface area contributed by atoms with Crippen LogP contribution in [-0.2, 0) is 5.66 Å². The number of carbonyl (C=O) groups excluding carboxylic acids is 1. The first-order valence-electron chi connectivity index (χ1n) is 8.61. The molecule has 2 N–H and O–H groups in total. The maximum Gasteiger partial charge on any atom is 0.255 e. The van der Waals surface area contributed by atoms with Gasteiger partial charge in [-0.25, -0.2) is 0 Å². The number of fused-ring (bicyclic) bond motifs is 1. The number of amides is 1. The summed E-state index contributed by atoms with van der Waals surface area (Å²) in [5, 5.41) is 6.64. The fourth-order valence-corrected chi connectivity index (χ4v) is 3.01. The molecule has 1 atom stereocenters. The molecule has 4 nitrogen and oxygen atoms in total. The fraction of sp³-hybridized carbons (Fsp3) is 0.350. The highest BCUT2D eigenvalue weighted by molar-refractivity contribution is 6.02. The zero-order valence-electron chi connectivity index (χ0n) is 14.3. The SMILES string of the molecule is CCCCOc1ccc(C2(CC)NC(=O)c3ccccc3N2)cc1. The summed E-state index contributed by atoms with van der Waals surface area (Å²) < 4.78 is 5.72. The van der Waals surface area contributed by atoms with Gasteiger partial charge in [-0.15, -0.1) is 0 Å². The van der Waals surface area contributed by atoms with Gasteiger partial charge in [-0.2, -0.15) is 0 Å². The molecular weight excluding hydrogens is 300 g/mol. The Morgan fingerprint density at radius 2 is 1.75 bits per heavy atom. The number of hydrogen-bond acceptors (Lipinski definition) is 3. The van der Waals surface area contributed by atoms with E-state index < -0.39 is 5.66 Å². The molecule has 1 aliphatic heterocycles. The first kappa shape index (κ1) is 16.4. The zero-order chi connectivity index (χ0) is 17.0. The number of anilines is 1. The van der Waals surface area contributed by atoms with Crippen LogP contribution in [0.2, 0.25) is 0 Å². The van der Waals surface area contributed by atoms with E-state index in [-0.39, 0.29) is 5.91 Å². The molecule has 0 radical (unpaired) electrons. The second-order valence-corrected chi connectivity index (χ2v) is 6.11. The van der Waals surface area contributed by atoms with E-state index in [4.69, 9.17) is 4.74 Å². The maximum absolute atomic E-state index is 12.5. The summed E-state index contributed by atoms with van der Waals surface area (Å²) >= 11 is 0. The lowest BCUT2D eigenvalue weighted by atomic mass is 9.92. The molecule has 1 heterocycles. The standard InChI is InChI=1S/C20H24N2O2/c1-3-5-14-24-16-12-10-15(11-13-16)20(4-2)21-18-9-7-6-8-17(18)19(23)22-20/h6-13,21H,3-5,14H2,1-2H3,(H,22,23). The number of rotatable bonds is 6. The number of unbranched alkanes of at least 4 members (excludes halogenated alkanes) is 1. The van der Waals surface area contributed by atoms with E-state index in [0.29, 0.717) is 5.56 Å². The summed E-state index contributed by atoms with van der Waals surface area (Å²) in [5.74, 6) is 0.815. The molecule has 4 heteroatoms. The van der Waals surface area contributed by atoms with Gasteiger partial charge in [0.1, 0.15) is 11.4 Å². The lowest BCUT2D eigenvalue weighted by Gasteiger charge is -2.40. The number of benzene rings is 2. The number of nitrogens with one attached hydrogen (secondary N) is 2. The highest BCUT2D eigenvalue weighted by Gasteiger charge is 2.37.